The molecule has 0 radical (unpaired) electrons. The largest absolute Gasteiger partial charge is 0.338 e. The van der Waals surface area contributed by atoms with Gasteiger partial charge < -0.3 is 10.6 Å². The smallest absolute Gasteiger partial charge is 0.315 e. The highest BCUT2D eigenvalue weighted by atomic mass is 16.2. The number of nitrogens with one attached hydrogen (secondary N) is 2. The lowest BCUT2D eigenvalue weighted by Gasteiger charge is -2.04. The molecule has 2 aliphatic rings. The summed E-state index contributed by atoms with van der Waals surface area (Å²) in [5.74, 6) is 1.57. The summed E-state index contributed by atoms with van der Waals surface area (Å²) >= 11 is 0. The third kappa shape index (κ3) is 2.13. The molecule has 2 fully saturated rings. The third-order valence-corrected chi connectivity index (χ3v) is 2.71. The van der Waals surface area contributed by atoms with Crippen molar-refractivity contribution in [1.29, 1.82) is 0 Å². The van der Waals surface area contributed by atoms with Gasteiger partial charge in [-0.25, -0.2) is 4.79 Å². The molecule has 0 aliphatic heterocycles. The quantitative estimate of drug-likeness (QED) is 0.651. The van der Waals surface area contributed by atoms with E-state index in [1.54, 1.807) is 0 Å². The lowest BCUT2D eigenvalue weighted by Crippen LogP contribution is -2.37. The topological polar surface area (TPSA) is 41.1 Å². The number of carbonyl (C=O) groups is 1. The average Bonchev–Trinajstić information content (AvgIpc) is 2.86. The molecular formula is C9H16N2O. The van der Waals surface area contributed by atoms with Gasteiger partial charge in [-0.05, 0) is 31.1 Å². The molecule has 2 atom stereocenters. The number of amides is 2. The Morgan fingerprint density at radius 2 is 2.17 bits per heavy atom. The van der Waals surface area contributed by atoms with E-state index in [2.05, 4.69) is 17.6 Å². The van der Waals surface area contributed by atoms with E-state index in [-0.39, 0.29) is 6.03 Å². The molecule has 0 saturated heterocycles. The fraction of sp³-hybridized carbons (Fsp3) is 0.889. The number of rotatable bonds is 3. The standard InChI is InChI=1S/C9H16N2O/c1-6-4-7(6)5-10-9(12)11-8-2-3-8/h6-8H,2-5H2,1H3,(H2,10,11,12). The monoisotopic (exact) mass is 168 g/mol. The second kappa shape index (κ2) is 2.96. The first-order chi connectivity index (χ1) is 5.75. The highest BCUT2D eigenvalue weighted by Crippen LogP contribution is 2.36. The van der Waals surface area contributed by atoms with Crippen molar-refractivity contribution in [1.82, 2.24) is 10.6 Å². The predicted molar refractivity (Wildman–Crippen MR) is 46.8 cm³/mol. The highest BCUT2D eigenvalue weighted by molar-refractivity contribution is 5.74. The van der Waals surface area contributed by atoms with Gasteiger partial charge in [0.15, 0.2) is 0 Å². The molecule has 12 heavy (non-hydrogen) atoms. The van der Waals surface area contributed by atoms with Crippen molar-refractivity contribution in [2.24, 2.45) is 11.8 Å². The van der Waals surface area contributed by atoms with Gasteiger partial charge in [0, 0.05) is 12.6 Å². The number of hydrogen-bond acceptors (Lipinski definition) is 1. The summed E-state index contributed by atoms with van der Waals surface area (Å²) in [6.07, 6.45) is 3.60. The van der Waals surface area contributed by atoms with E-state index in [4.69, 9.17) is 0 Å². The van der Waals surface area contributed by atoms with Crippen molar-refractivity contribution in [2.75, 3.05) is 6.54 Å². The molecule has 0 heterocycles. The van der Waals surface area contributed by atoms with Crippen LogP contribution < -0.4 is 10.6 Å². The van der Waals surface area contributed by atoms with Gasteiger partial charge >= 0.3 is 6.03 Å². The number of hydrogen-bond donors (Lipinski definition) is 2. The Bertz CT molecular complexity index is 189. The Hall–Kier alpha value is -0.730. The van der Waals surface area contributed by atoms with Crippen LogP contribution in [0.15, 0.2) is 0 Å². The number of urea groups is 1. The van der Waals surface area contributed by atoms with E-state index in [0.717, 1.165) is 31.2 Å². The summed E-state index contributed by atoms with van der Waals surface area (Å²) in [6.45, 7) is 3.09. The zero-order valence-electron chi connectivity index (χ0n) is 7.47. The zero-order chi connectivity index (χ0) is 8.55. The van der Waals surface area contributed by atoms with Crippen LogP contribution in [-0.2, 0) is 0 Å². The molecule has 3 heteroatoms. The maximum Gasteiger partial charge on any atom is 0.315 e. The summed E-state index contributed by atoms with van der Waals surface area (Å²) in [4.78, 5) is 11.1. The van der Waals surface area contributed by atoms with Gasteiger partial charge in [0.25, 0.3) is 0 Å². The molecule has 68 valence electrons. The van der Waals surface area contributed by atoms with Crippen LogP contribution in [0.4, 0.5) is 4.79 Å². The van der Waals surface area contributed by atoms with Crippen molar-refractivity contribution in [3.8, 4) is 0 Å². The first-order valence-electron chi connectivity index (χ1n) is 4.80. The van der Waals surface area contributed by atoms with Gasteiger partial charge in [-0.2, -0.15) is 0 Å². The fourth-order valence-corrected chi connectivity index (χ4v) is 1.37. The van der Waals surface area contributed by atoms with Crippen molar-refractivity contribution >= 4 is 6.03 Å². The summed E-state index contributed by atoms with van der Waals surface area (Å²) in [5.41, 5.74) is 0. The lowest BCUT2D eigenvalue weighted by molar-refractivity contribution is 0.240. The Kier molecular flexibility index (Phi) is 1.95. The minimum atomic E-state index is 0.0246. The van der Waals surface area contributed by atoms with Crippen LogP contribution >= 0.6 is 0 Å². The minimum absolute atomic E-state index is 0.0246. The lowest BCUT2D eigenvalue weighted by atomic mass is 10.3. The van der Waals surface area contributed by atoms with Gasteiger partial charge in [0.1, 0.15) is 0 Å². The highest BCUT2D eigenvalue weighted by Gasteiger charge is 2.32. The van der Waals surface area contributed by atoms with E-state index >= 15 is 0 Å². The molecule has 0 spiro atoms. The normalized spacial score (nSPS) is 32.8. The second-order valence-corrected chi connectivity index (χ2v) is 4.10. The summed E-state index contributed by atoms with van der Waals surface area (Å²) in [5, 5.41) is 5.80. The van der Waals surface area contributed by atoms with E-state index in [1.807, 2.05) is 0 Å². The molecule has 2 amide bonds. The van der Waals surface area contributed by atoms with E-state index in [1.165, 1.54) is 6.42 Å². The molecule has 0 bridgehead atoms. The van der Waals surface area contributed by atoms with Crippen LogP contribution in [0.1, 0.15) is 26.2 Å². The number of carbonyl (C=O) groups excluding carboxylic acids is 1. The fourth-order valence-electron chi connectivity index (χ4n) is 1.37. The Balaban J connectivity index is 1.56. The van der Waals surface area contributed by atoms with E-state index < -0.39 is 0 Å². The summed E-state index contributed by atoms with van der Waals surface area (Å²) in [7, 11) is 0. The van der Waals surface area contributed by atoms with Crippen LogP contribution in [0, 0.1) is 11.8 Å². The zero-order valence-corrected chi connectivity index (χ0v) is 7.47. The Morgan fingerprint density at radius 3 is 2.67 bits per heavy atom. The summed E-state index contributed by atoms with van der Waals surface area (Å²) < 4.78 is 0. The molecule has 0 aromatic rings. The molecule has 2 saturated carbocycles. The van der Waals surface area contributed by atoms with Crippen molar-refractivity contribution in [3.63, 3.8) is 0 Å². The summed E-state index contributed by atoms with van der Waals surface area (Å²) in [6, 6.07) is 0.498. The molecule has 0 aromatic heterocycles. The van der Waals surface area contributed by atoms with Crippen molar-refractivity contribution in [3.05, 3.63) is 0 Å². The van der Waals surface area contributed by atoms with Crippen LogP contribution in [0.25, 0.3) is 0 Å². The first kappa shape index (κ1) is 7.90. The van der Waals surface area contributed by atoms with Gasteiger partial charge in [0.2, 0.25) is 0 Å². The molecule has 2 rings (SSSR count). The van der Waals surface area contributed by atoms with E-state index in [0.29, 0.717) is 6.04 Å². The van der Waals surface area contributed by atoms with Crippen LogP contribution in [0.5, 0.6) is 0 Å². The third-order valence-electron chi connectivity index (χ3n) is 2.71. The SMILES string of the molecule is CC1CC1CNC(=O)NC1CC1. The predicted octanol–water partition coefficient (Wildman–Crippen LogP) is 1.10. The Labute approximate surface area is 72.9 Å². The van der Waals surface area contributed by atoms with Gasteiger partial charge in [-0.3, -0.25) is 0 Å². The first-order valence-corrected chi connectivity index (χ1v) is 4.80. The molecule has 2 N–H and O–H groups in total. The van der Waals surface area contributed by atoms with Crippen LogP contribution in [-0.4, -0.2) is 18.6 Å². The molecule has 2 aliphatic carbocycles. The minimum Gasteiger partial charge on any atom is -0.338 e. The van der Waals surface area contributed by atoms with Gasteiger partial charge in [0.05, 0.1) is 0 Å². The average molecular weight is 168 g/mol. The Morgan fingerprint density at radius 1 is 1.50 bits per heavy atom. The van der Waals surface area contributed by atoms with Gasteiger partial charge in [-0.1, -0.05) is 6.92 Å². The maximum atomic E-state index is 11.1. The van der Waals surface area contributed by atoms with Crippen molar-refractivity contribution in [2.45, 2.75) is 32.2 Å². The second-order valence-electron chi connectivity index (χ2n) is 4.10. The molecule has 3 nitrogen and oxygen atoms in total. The van der Waals surface area contributed by atoms with Crippen LogP contribution in [0.2, 0.25) is 0 Å². The van der Waals surface area contributed by atoms with Crippen molar-refractivity contribution < 1.29 is 4.79 Å². The maximum absolute atomic E-state index is 11.1. The van der Waals surface area contributed by atoms with Crippen LogP contribution in [0.3, 0.4) is 0 Å². The molecule has 0 aromatic carbocycles. The van der Waals surface area contributed by atoms with E-state index in [9.17, 15) is 4.79 Å². The molecule has 2 unspecified atom stereocenters. The molecular weight excluding hydrogens is 152 g/mol. The van der Waals surface area contributed by atoms with Gasteiger partial charge in [-0.15, -0.1) is 0 Å².